The predicted molar refractivity (Wildman–Crippen MR) is 109 cm³/mol. The number of nitrogens with one attached hydrogen (secondary N) is 1. The van der Waals surface area contributed by atoms with Crippen LogP contribution in [-0.4, -0.2) is 37.2 Å². The average Bonchev–Trinajstić information content (AvgIpc) is 3.10. The van der Waals surface area contributed by atoms with E-state index in [1.807, 2.05) is 22.8 Å². The van der Waals surface area contributed by atoms with Crippen LogP contribution >= 0.6 is 11.8 Å². The van der Waals surface area contributed by atoms with E-state index >= 15 is 0 Å². The molecule has 0 aliphatic rings. The SMILES string of the molecule is C=CCn1c(SCC(=O)Nc2cccc(C(C)=O)c2)nnc1-c1ccccn1. The zero-order valence-electron chi connectivity index (χ0n) is 15.3. The Labute approximate surface area is 166 Å². The Kier molecular flexibility index (Phi) is 6.33. The minimum atomic E-state index is -0.196. The van der Waals surface area contributed by atoms with Gasteiger partial charge in [0, 0.05) is 24.0 Å². The molecule has 1 amide bonds. The zero-order chi connectivity index (χ0) is 19.9. The van der Waals surface area contributed by atoms with Crippen LogP contribution in [0.2, 0.25) is 0 Å². The molecule has 0 aliphatic heterocycles. The molecular formula is C20H19N5O2S. The minimum absolute atomic E-state index is 0.0509. The molecule has 142 valence electrons. The summed E-state index contributed by atoms with van der Waals surface area (Å²) in [5.74, 6) is 0.530. The Morgan fingerprint density at radius 3 is 2.79 bits per heavy atom. The van der Waals surface area contributed by atoms with E-state index in [2.05, 4.69) is 27.1 Å². The molecule has 1 aromatic carbocycles. The largest absolute Gasteiger partial charge is 0.325 e. The van der Waals surface area contributed by atoms with Gasteiger partial charge in [-0.1, -0.05) is 36.0 Å². The van der Waals surface area contributed by atoms with E-state index in [0.717, 1.165) is 0 Å². The van der Waals surface area contributed by atoms with Gasteiger partial charge in [-0.25, -0.2) is 0 Å². The number of hydrogen-bond donors (Lipinski definition) is 1. The lowest BCUT2D eigenvalue weighted by atomic mass is 10.1. The van der Waals surface area contributed by atoms with Gasteiger partial charge in [-0.3, -0.25) is 19.1 Å². The third-order valence-electron chi connectivity index (χ3n) is 3.81. The predicted octanol–water partition coefficient (Wildman–Crippen LogP) is 3.46. The molecule has 0 aliphatic carbocycles. The molecule has 2 heterocycles. The van der Waals surface area contributed by atoms with Crippen LogP contribution in [0, 0.1) is 0 Å². The van der Waals surface area contributed by atoms with Gasteiger partial charge in [-0.05, 0) is 31.2 Å². The quantitative estimate of drug-likeness (QED) is 0.358. The average molecular weight is 393 g/mol. The van der Waals surface area contributed by atoms with E-state index in [1.54, 1.807) is 36.5 Å². The van der Waals surface area contributed by atoms with Crippen LogP contribution in [0.4, 0.5) is 5.69 Å². The molecule has 8 heteroatoms. The number of carbonyl (C=O) groups excluding carboxylic acids is 2. The summed E-state index contributed by atoms with van der Waals surface area (Å²) in [5, 5.41) is 11.8. The lowest BCUT2D eigenvalue weighted by molar-refractivity contribution is -0.113. The first-order valence-corrected chi connectivity index (χ1v) is 9.56. The minimum Gasteiger partial charge on any atom is -0.325 e. The van der Waals surface area contributed by atoms with Crippen molar-refractivity contribution in [1.82, 2.24) is 19.7 Å². The number of amides is 1. The van der Waals surface area contributed by atoms with E-state index in [9.17, 15) is 9.59 Å². The van der Waals surface area contributed by atoms with Gasteiger partial charge in [0.2, 0.25) is 5.91 Å². The van der Waals surface area contributed by atoms with Crippen LogP contribution in [0.25, 0.3) is 11.5 Å². The monoisotopic (exact) mass is 393 g/mol. The Balaban J connectivity index is 1.69. The van der Waals surface area contributed by atoms with Gasteiger partial charge in [0.05, 0.1) is 5.75 Å². The second-order valence-electron chi connectivity index (χ2n) is 5.89. The van der Waals surface area contributed by atoms with Crippen LogP contribution in [0.15, 0.2) is 66.5 Å². The zero-order valence-corrected chi connectivity index (χ0v) is 16.1. The van der Waals surface area contributed by atoms with Gasteiger partial charge >= 0.3 is 0 Å². The Hall–Kier alpha value is -3.26. The van der Waals surface area contributed by atoms with Crippen molar-refractivity contribution >= 4 is 29.1 Å². The highest BCUT2D eigenvalue weighted by molar-refractivity contribution is 7.99. The first-order valence-electron chi connectivity index (χ1n) is 8.57. The Morgan fingerprint density at radius 1 is 1.21 bits per heavy atom. The number of anilines is 1. The summed E-state index contributed by atoms with van der Waals surface area (Å²) in [6.07, 6.45) is 3.44. The summed E-state index contributed by atoms with van der Waals surface area (Å²) < 4.78 is 1.86. The smallest absolute Gasteiger partial charge is 0.234 e. The normalized spacial score (nSPS) is 10.5. The Morgan fingerprint density at radius 2 is 2.07 bits per heavy atom. The number of ketones is 1. The van der Waals surface area contributed by atoms with Crippen LogP contribution in [0.1, 0.15) is 17.3 Å². The number of rotatable bonds is 8. The maximum Gasteiger partial charge on any atom is 0.234 e. The van der Waals surface area contributed by atoms with Crippen molar-refractivity contribution < 1.29 is 9.59 Å². The number of aromatic nitrogens is 4. The number of benzene rings is 1. The van der Waals surface area contributed by atoms with Crippen molar-refractivity contribution in [2.45, 2.75) is 18.6 Å². The van der Waals surface area contributed by atoms with E-state index in [-0.39, 0.29) is 17.4 Å². The van der Waals surface area contributed by atoms with Crippen molar-refractivity contribution in [2.24, 2.45) is 0 Å². The lowest BCUT2D eigenvalue weighted by Crippen LogP contribution is -2.15. The van der Waals surface area contributed by atoms with Crippen LogP contribution < -0.4 is 5.32 Å². The van der Waals surface area contributed by atoms with Crippen molar-refractivity contribution in [1.29, 1.82) is 0 Å². The molecule has 2 aromatic heterocycles. The van der Waals surface area contributed by atoms with Gasteiger partial charge in [0.1, 0.15) is 5.69 Å². The number of thioether (sulfide) groups is 1. The van der Waals surface area contributed by atoms with E-state index in [1.165, 1.54) is 18.7 Å². The summed E-state index contributed by atoms with van der Waals surface area (Å²) in [6.45, 7) is 5.76. The van der Waals surface area contributed by atoms with Gasteiger partial charge in [0.15, 0.2) is 16.8 Å². The van der Waals surface area contributed by atoms with Crippen LogP contribution in [0.3, 0.4) is 0 Å². The molecule has 0 atom stereocenters. The number of Topliss-reactive ketones (excluding diaryl/α,β-unsaturated/α-hetero) is 1. The Bertz CT molecular complexity index is 1000. The molecular weight excluding hydrogens is 374 g/mol. The second kappa shape index (κ2) is 9.09. The van der Waals surface area contributed by atoms with Crippen LogP contribution in [-0.2, 0) is 11.3 Å². The van der Waals surface area contributed by atoms with Crippen molar-refractivity contribution in [3.05, 3.63) is 66.9 Å². The fourth-order valence-electron chi connectivity index (χ4n) is 2.52. The summed E-state index contributed by atoms with van der Waals surface area (Å²) in [7, 11) is 0. The van der Waals surface area contributed by atoms with Gasteiger partial charge < -0.3 is 5.32 Å². The van der Waals surface area contributed by atoms with E-state index in [4.69, 9.17) is 0 Å². The standard InChI is InChI=1S/C20H19N5O2S/c1-3-11-25-19(17-9-4-5-10-21-17)23-24-20(25)28-13-18(27)22-16-8-6-7-15(12-16)14(2)26/h3-10,12H,1,11,13H2,2H3,(H,22,27). The number of pyridine rings is 1. The van der Waals surface area contributed by atoms with E-state index in [0.29, 0.717) is 34.5 Å². The fraction of sp³-hybridized carbons (Fsp3) is 0.150. The number of allylic oxidation sites excluding steroid dienone is 1. The van der Waals surface area contributed by atoms with Gasteiger partial charge in [-0.2, -0.15) is 0 Å². The number of nitrogens with zero attached hydrogens (tertiary/aromatic N) is 4. The molecule has 0 fully saturated rings. The maximum atomic E-state index is 12.3. The third-order valence-corrected chi connectivity index (χ3v) is 4.77. The molecule has 0 spiro atoms. The topological polar surface area (TPSA) is 89.8 Å². The van der Waals surface area contributed by atoms with E-state index < -0.39 is 0 Å². The van der Waals surface area contributed by atoms with Crippen LogP contribution in [0.5, 0.6) is 0 Å². The van der Waals surface area contributed by atoms with Crippen molar-refractivity contribution in [2.75, 3.05) is 11.1 Å². The third kappa shape index (κ3) is 4.72. The highest BCUT2D eigenvalue weighted by atomic mass is 32.2. The van der Waals surface area contributed by atoms with Crippen molar-refractivity contribution in [3.8, 4) is 11.5 Å². The molecule has 7 nitrogen and oxygen atoms in total. The second-order valence-corrected chi connectivity index (χ2v) is 6.84. The summed E-state index contributed by atoms with van der Waals surface area (Å²) >= 11 is 1.28. The molecule has 0 bridgehead atoms. The fourth-order valence-corrected chi connectivity index (χ4v) is 3.26. The number of hydrogen-bond acceptors (Lipinski definition) is 6. The highest BCUT2D eigenvalue weighted by Crippen LogP contribution is 2.23. The van der Waals surface area contributed by atoms with Gasteiger partial charge in [-0.15, -0.1) is 16.8 Å². The maximum absolute atomic E-state index is 12.3. The molecule has 1 N–H and O–H groups in total. The molecule has 0 unspecified atom stereocenters. The molecule has 0 saturated heterocycles. The molecule has 28 heavy (non-hydrogen) atoms. The summed E-state index contributed by atoms with van der Waals surface area (Å²) in [4.78, 5) is 28.1. The molecule has 3 rings (SSSR count). The first-order chi connectivity index (χ1) is 13.6. The molecule has 3 aromatic rings. The lowest BCUT2D eigenvalue weighted by Gasteiger charge is -2.08. The molecule has 0 saturated carbocycles. The highest BCUT2D eigenvalue weighted by Gasteiger charge is 2.15. The number of carbonyl (C=O) groups is 2. The van der Waals surface area contributed by atoms with Gasteiger partial charge in [0.25, 0.3) is 0 Å². The molecule has 0 radical (unpaired) electrons. The first kappa shape index (κ1) is 19.5. The summed E-state index contributed by atoms with van der Waals surface area (Å²) in [5.41, 5.74) is 1.84. The van der Waals surface area contributed by atoms with Crippen molar-refractivity contribution in [3.63, 3.8) is 0 Å². The summed E-state index contributed by atoms with van der Waals surface area (Å²) in [6, 6.07) is 12.4.